The van der Waals surface area contributed by atoms with Crippen LogP contribution in [-0.2, 0) is 19.4 Å². The van der Waals surface area contributed by atoms with Gasteiger partial charge in [0.2, 0.25) is 0 Å². The number of methoxy groups -OCH3 is 1. The number of hydrogen-bond acceptors (Lipinski definition) is 5. The van der Waals surface area contributed by atoms with Crippen molar-refractivity contribution in [1.82, 2.24) is 5.32 Å². The van der Waals surface area contributed by atoms with Crippen molar-refractivity contribution < 1.29 is 17.9 Å². The van der Waals surface area contributed by atoms with E-state index in [1.165, 1.54) is 13.4 Å². The van der Waals surface area contributed by atoms with Gasteiger partial charge >= 0.3 is 5.97 Å². The van der Waals surface area contributed by atoms with Gasteiger partial charge in [0.05, 0.1) is 12.9 Å². The number of ether oxygens (including phenoxy) is 1. The van der Waals surface area contributed by atoms with Crippen LogP contribution in [0, 0.1) is 0 Å². The topological polar surface area (TPSA) is 72.5 Å². The van der Waals surface area contributed by atoms with E-state index in [2.05, 4.69) is 10.1 Å². The Hall–Kier alpha value is -0.620. The number of hydrogen-bond donors (Lipinski definition) is 1. The van der Waals surface area contributed by atoms with Gasteiger partial charge in [-0.3, -0.25) is 4.79 Å². The number of carbonyl (C=O) groups is 1. The van der Waals surface area contributed by atoms with E-state index in [4.69, 9.17) is 0 Å². The Morgan fingerprint density at radius 1 is 1.47 bits per heavy atom. The molecule has 0 heterocycles. The molecular weight excluding hydrogens is 218 g/mol. The fourth-order valence-electron chi connectivity index (χ4n) is 1.34. The Morgan fingerprint density at radius 3 is 2.33 bits per heavy atom. The first-order valence-electron chi connectivity index (χ1n) is 4.81. The molecule has 2 unspecified atom stereocenters. The lowest BCUT2D eigenvalue weighted by atomic mass is 10.2. The Balaban J connectivity index is 4.25. The number of carbonyl (C=O) groups excluding carboxylic acids is 1. The molecule has 6 heteroatoms. The van der Waals surface area contributed by atoms with Crippen LogP contribution in [0.1, 0.15) is 20.3 Å². The first kappa shape index (κ1) is 14.4. The molecule has 0 aromatic rings. The van der Waals surface area contributed by atoms with Gasteiger partial charge in [0, 0.05) is 12.3 Å². The van der Waals surface area contributed by atoms with E-state index in [1.807, 2.05) is 6.92 Å². The predicted molar refractivity (Wildman–Crippen MR) is 58.4 cm³/mol. The molecule has 0 aliphatic heterocycles. The van der Waals surface area contributed by atoms with Crippen molar-refractivity contribution >= 4 is 15.8 Å². The highest BCUT2D eigenvalue weighted by Crippen LogP contribution is 1.98. The van der Waals surface area contributed by atoms with Crippen LogP contribution in [0.3, 0.4) is 0 Å². The molecule has 2 atom stereocenters. The van der Waals surface area contributed by atoms with Crippen LogP contribution >= 0.6 is 0 Å². The van der Waals surface area contributed by atoms with Crippen molar-refractivity contribution in [3.8, 4) is 0 Å². The van der Waals surface area contributed by atoms with Crippen molar-refractivity contribution in [2.75, 3.05) is 19.1 Å². The third kappa shape index (κ3) is 6.46. The van der Waals surface area contributed by atoms with Gasteiger partial charge in [-0.25, -0.2) is 8.42 Å². The average molecular weight is 237 g/mol. The zero-order valence-corrected chi connectivity index (χ0v) is 10.4. The fraction of sp³-hybridized carbons (Fsp3) is 0.889. The standard InChI is InChI=1S/C9H19NO4S/c1-5-8(9(11)14-3)10-7(2)6-15(4,12)13/h7-8,10H,5-6H2,1-4H3. The van der Waals surface area contributed by atoms with E-state index in [9.17, 15) is 13.2 Å². The predicted octanol–water partition coefficient (Wildman–Crippen LogP) is -0.0393. The molecular formula is C9H19NO4S. The Labute approximate surface area is 91.1 Å². The van der Waals surface area contributed by atoms with Crippen molar-refractivity contribution in [1.29, 1.82) is 0 Å². The molecule has 0 aliphatic rings. The summed E-state index contributed by atoms with van der Waals surface area (Å²) < 4.78 is 26.6. The lowest BCUT2D eigenvalue weighted by molar-refractivity contribution is -0.143. The molecule has 0 aliphatic carbocycles. The minimum absolute atomic E-state index is 0.0144. The quantitative estimate of drug-likeness (QED) is 0.656. The monoisotopic (exact) mass is 237 g/mol. The van der Waals surface area contributed by atoms with Crippen LogP contribution in [0.2, 0.25) is 0 Å². The lowest BCUT2D eigenvalue weighted by Crippen LogP contribution is -2.44. The number of sulfone groups is 1. The molecule has 0 saturated heterocycles. The van der Waals surface area contributed by atoms with Crippen molar-refractivity contribution in [2.45, 2.75) is 32.4 Å². The Bertz CT molecular complexity index is 299. The molecule has 0 radical (unpaired) electrons. The van der Waals surface area contributed by atoms with Crippen LogP contribution in [0.5, 0.6) is 0 Å². The molecule has 0 aromatic heterocycles. The summed E-state index contributed by atoms with van der Waals surface area (Å²) in [5.74, 6) is -0.349. The summed E-state index contributed by atoms with van der Waals surface area (Å²) in [5, 5.41) is 2.92. The van der Waals surface area contributed by atoms with Crippen LogP contribution in [0.4, 0.5) is 0 Å². The highest BCUT2D eigenvalue weighted by Gasteiger charge is 2.20. The molecule has 15 heavy (non-hydrogen) atoms. The van der Waals surface area contributed by atoms with Crippen molar-refractivity contribution in [2.24, 2.45) is 0 Å². The molecule has 90 valence electrons. The minimum atomic E-state index is -3.02. The first-order valence-corrected chi connectivity index (χ1v) is 6.87. The van der Waals surface area contributed by atoms with Crippen LogP contribution in [-0.4, -0.2) is 45.6 Å². The number of rotatable bonds is 6. The van der Waals surface area contributed by atoms with Gasteiger partial charge in [0.15, 0.2) is 0 Å². The average Bonchev–Trinajstić information content (AvgIpc) is 2.10. The van der Waals surface area contributed by atoms with E-state index in [1.54, 1.807) is 6.92 Å². The molecule has 5 nitrogen and oxygen atoms in total. The highest BCUT2D eigenvalue weighted by molar-refractivity contribution is 7.90. The number of esters is 1. The van der Waals surface area contributed by atoms with Gasteiger partial charge in [-0.2, -0.15) is 0 Å². The SMILES string of the molecule is CCC(NC(C)CS(C)(=O)=O)C(=O)OC. The summed E-state index contributed by atoms with van der Waals surface area (Å²) in [7, 11) is -1.71. The van der Waals surface area contributed by atoms with Crippen LogP contribution < -0.4 is 5.32 Å². The molecule has 0 spiro atoms. The zero-order valence-electron chi connectivity index (χ0n) is 9.61. The molecule has 1 N–H and O–H groups in total. The third-order valence-corrected chi connectivity index (χ3v) is 3.04. The van der Waals surface area contributed by atoms with Crippen molar-refractivity contribution in [3.05, 3.63) is 0 Å². The minimum Gasteiger partial charge on any atom is -0.468 e. The number of nitrogens with one attached hydrogen (secondary N) is 1. The van der Waals surface area contributed by atoms with Gasteiger partial charge in [-0.1, -0.05) is 6.92 Å². The smallest absolute Gasteiger partial charge is 0.322 e. The second-order valence-electron chi connectivity index (χ2n) is 3.64. The largest absolute Gasteiger partial charge is 0.468 e. The third-order valence-electron chi connectivity index (χ3n) is 1.93. The maximum absolute atomic E-state index is 11.2. The van der Waals surface area contributed by atoms with Gasteiger partial charge in [-0.05, 0) is 13.3 Å². The fourth-order valence-corrected chi connectivity index (χ4v) is 2.34. The van der Waals surface area contributed by atoms with E-state index < -0.39 is 15.9 Å². The molecule has 0 saturated carbocycles. The Morgan fingerprint density at radius 2 is 2.00 bits per heavy atom. The highest BCUT2D eigenvalue weighted by atomic mass is 32.2. The summed E-state index contributed by atoms with van der Waals surface area (Å²) in [6.45, 7) is 3.56. The molecule has 0 rings (SSSR count). The first-order chi connectivity index (χ1) is 6.80. The second-order valence-corrected chi connectivity index (χ2v) is 5.83. The maximum atomic E-state index is 11.2. The van der Waals surface area contributed by atoms with Crippen molar-refractivity contribution in [3.63, 3.8) is 0 Å². The van der Waals surface area contributed by atoms with E-state index >= 15 is 0 Å². The van der Waals surface area contributed by atoms with E-state index in [0.29, 0.717) is 6.42 Å². The lowest BCUT2D eigenvalue weighted by Gasteiger charge is -2.19. The summed E-state index contributed by atoms with van der Waals surface area (Å²) in [6, 6.07) is -0.698. The van der Waals surface area contributed by atoms with E-state index in [0.717, 1.165) is 0 Å². The summed E-state index contributed by atoms with van der Waals surface area (Å²) in [6.07, 6.45) is 1.74. The van der Waals surface area contributed by atoms with Crippen LogP contribution in [0.25, 0.3) is 0 Å². The van der Waals surface area contributed by atoms with Gasteiger partial charge < -0.3 is 10.1 Å². The molecule has 0 amide bonds. The molecule has 0 bridgehead atoms. The Kier molecular flexibility index (Phi) is 5.82. The second kappa shape index (κ2) is 6.07. The van der Waals surface area contributed by atoms with Crippen LogP contribution in [0.15, 0.2) is 0 Å². The summed E-state index contributed by atoms with van der Waals surface area (Å²) in [5.41, 5.74) is 0. The van der Waals surface area contributed by atoms with E-state index in [-0.39, 0.29) is 17.8 Å². The normalized spacial score (nSPS) is 15.7. The van der Waals surface area contributed by atoms with Gasteiger partial charge in [-0.15, -0.1) is 0 Å². The van der Waals surface area contributed by atoms with Gasteiger partial charge in [0.1, 0.15) is 15.9 Å². The summed E-state index contributed by atoms with van der Waals surface area (Å²) in [4.78, 5) is 11.2. The maximum Gasteiger partial charge on any atom is 0.322 e. The molecule has 0 fully saturated rings. The summed E-state index contributed by atoms with van der Waals surface area (Å²) >= 11 is 0. The van der Waals surface area contributed by atoms with Gasteiger partial charge in [0.25, 0.3) is 0 Å². The molecule has 0 aromatic carbocycles. The zero-order chi connectivity index (χ0) is 12.1.